The first-order valence-electron chi connectivity index (χ1n) is 7.30. The number of anilines is 1. The summed E-state index contributed by atoms with van der Waals surface area (Å²) in [6, 6.07) is 10.6. The first kappa shape index (κ1) is 18.6. The Bertz CT molecular complexity index is 780. The van der Waals surface area contributed by atoms with Crippen LogP contribution in [0.5, 0.6) is 17.2 Å². The van der Waals surface area contributed by atoms with E-state index in [9.17, 15) is 9.90 Å². The molecule has 0 atom stereocenters. The van der Waals surface area contributed by atoms with Gasteiger partial charge in [0.1, 0.15) is 5.75 Å². The van der Waals surface area contributed by atoms with Gasteiger partial charge in [-0.25, -0.2) is 5.43 Å². The van der Waals surface area contributed by atoms with Crippen LogP contribution in [0.3, 0.4) is 0 Å². The molecule has 0 saturated heterocycles. The van der Waals surface area contributed by atoms with Crippen LogP contribution in [0, 0.1) is 0 Å². The number of phenolic OH excluding ortho intramolecular Hbond substituents is 1. The molecular weight excluding hydrogens is 390 g/mol. The second kappa shape index (κ2) is 8.93. The predicted molar refractivity (Wildman–Crippen MR) is 99.6 cm³/mol. The van der Waals surface area contributed by atoms with Crippen LogP contribution >= 0.6 is 15.9 Å². The van der Waals surface area contributed by atoms with Crippen molar-refractivity contribution in [1.29, 1.82) is 0 Å². The maximum atomic E-state index is 11.9. The van der Waals surface area contributed by atoms with Crippen LogP contribution in [0.25, 0.3) is 0 Å². The van der Waals surface area contributed by atoms with Crippen molar-refractivity contribution < 1.29 is 19.4 Å². The number of hydrogen-bond acceptors (Lipinski definition) is 6. The zero-order chi connectivity index (χ0) is 18.2. The highest BCUT2D eigenvalue weighted by Crippen LogP contribution is 2.32. The van der Waals surface area contributed by atoms with Crippen molar-refractivity contribution in [2.24, 2.45) is 5.10 Å². The lowest BCUT2D eigenvalue weighted by molar-refractivity contribution is -0.119. The number of halogens is 1. The molecule has 25 heavy (non-hydrogen) atoms. The van der Waals surface area contributed by atoms with E-state index in [4.69, 9.17) is 9.47 Å². The summed E-state index contributed by atoms with van der Waals surface area (Å²) < 4.78 is 11.0. The lowest BCUT2D eigenvalue weighted by Gasteiger charge is -2.10. The molecular formula is C17H18BrN3O4. The number of para-hydroxylation sites is 2. The molecule has 2 aromatic carbocycles. The van der Waals surface area contributed by atoms with Crippen LogP contribution in [0.4, 0.5) is 5.69 Å². The zero-order valence-corrected chi connectivity index (χ0v) is 15.3. The number of nitrogens with zero attached hydrogens (tertiary/aromatic N) is 1. The number of amides is 1. The average molecular weight is 408 g/mol. The first-order valence-corrected chi connectivity index (χ1v) is 8.09. The summed E-state index contributed by atoms with van der Waals surface area (Å²) in [7, 11) is 3.01. The van der Waals surface area contributed by atoms with E-state index in [-0.39, 0.29) is 18.2 Å². The Kier molecular flexibility index (Phi) is 6.64. The molecule has 0 spiro atoms. The maximum absolute atomic E-state index is 11.9. The summed E-state index contributed by atoms with van der Waals surface area (Å²) >= 11 is 3.31. The third-order valence-corrected chi connectivity index (χ3v) is 3.69. The van der Waals surface area contributed by atoms with Crippen molar-refractivity contribution in [1.82, 2.24) is 5.43 Å². The summed E-state index contributed by atoms with van der Waals surface area (Å²) in [4.78, 5) is 11.9. The molecule has 0 aliphatic rings. The van der Waals surface area contributed by atoms with E-state index in [1.54, 1.807) is 31.4 Å². The summed E-state index contributed by atoms with van der Waals surface area (Å²) in [6.45, 7) is 0.0193. The van der Waals surface area contributed by atoms with Gasteiger partial charge in [-0.15, -0.1) is 0 Å². The molecule has 0 unspecified atom stereocenters. The molecule has 2 aromatic rings. The second-order valence-electron chi connectivity index (χ2n) is 4.89. The van der Waals surface area contributed by atoms with E-state index in [1.807, 2.05) is 12.1 Å². The van der Waals surface area contributed by atoms with Crippen molar-refractivity contribution in [3.05, 3.63) is 46.4 Å². The van der Waals surface area contributed by atoms with Crippen LogP contribution in [0.1, 0.15) is 5.56 Å². The lowest BCUT2D eigenvalue weighted by Crippen LogP contribution is -2.26. The van der Waals surface area contributed by atoms with Gasteiger partial charge in [0.25, 0.3) is 5.91 Å². The van der Waals surface area contributed by atoms with Crippen LogP contribution in [0.15, 0.2) is 46.0 Å². The Morgan fingerprint density at radius 3 is 2.68 bits per heavy atom. The molecule has 0 fully saturated rings. The molecule has 0 heterocycles. The van der Waals surface area contributed by atoms with Gasteiger partial charge in [0.15, 0.2) is 11.5 Å². The molecule has 0 aliphatic carbocycles. The third kappa shape index (κ3) is 5.12. The number of carbonyl (C=O) groups excluding carboxylic acids is 1. The van der Waals surface area contributed by atoms with Crippen molar-refractivity contribution in [3.8, 4) is 17.2 Å². The third-order valence-electron chi connectivity index (χ3n) is 3.23. The van der Waals surface area contributed by atoms with Crippen molar-refractivity contribution >= 4 is 33.7 Å². The molecule has 132 valence electrons. The Morgan fingerprint density at radius 2 is 1.96 bits per heavy atom. The number of methoxy groups -OCH3 is 2. The summed E-state index contributed by atoms with van der Waals surface area (Å²) in [5.74, 6) is 0.546. The van der Waals surface area contributed by atoms with Gasteiger partial charge < -0.3 is 19.9 Å². The van der Waals surface area contributed by atoms with Crippen LogP contribution in [-0.2, 0) is 4.79 Å². The minimum Gasteiger partial charge on any atom is -0.504 e. The van der Waals surface area contributed by atoms with E-state index in [2.05, 4.69) is 31.8 Å². The molecule has 0 aromatic heterocycles. The van der Waals surface area contributed by atoms with Gasteiger partial charge in [0.2, 0.25) is 0 Å². The second-order valence-corrected chi connectivity index (χ2v) is 5.81. The highest BCUT2D eigenvalue weighted by atomic mass is 79.9. The van der Waals surface area contributed by atoms with E-state index < -0.39 is 0 Å². The summed E-state index contributed by atoms with van der Waals surface area (Å²) in [6.07, 6.45) is 1.34. The molecule has 7 nitrogen and oxygen atoms in total. The molecule has 0 saturated carbocycles. The van der Waals surface area contributed by atoms with Gasteiger partial charge in [-0.3, -0.25) is 4.79 Å². The highest BCUT2D eigenvalue weighted by Gasteiger charge is 2.08. The summed E-state index contributed by atoms with van der Waals surface area (Å²) in [5, 5.41) is 16.8. The van der Waals surface area contributed by atoms with Gasteiger partial charge in [-0.2, -0.15) is 5.10 Å². The number of ether oxygens (including phenoxy) is 2. The number of aromatic hydroxyl groups is 1. The van der Waals surface area contributed by atoms with Crippen molar-refractivity contribution in [2.75, 3.05) is 26.1 Å². The fraction of sp³-hybridized carbons (Fsp3) is 0.176. The Labute approximate surface area is 153 Å². The standard InChI is InChI=1S/C17H18BrN3O4/c1-24-14-6-4-3-5-13(14)19-10-16(22)21-20-9-11-7-12(18)8-15(25-2)17(11)23/h3-9,19,23H,10H2,1-2H3,(H,21,22)/b20-9+. The maximum Gasteiger partial charge on any atom is 0.259 e. The van der Waals surface area contributed by atoms with Gasteiger partial charge in [-0.05, 0) is 24.3 Å². The lowest BCUT2D eigenvalue weighted by atomic mass is 10.2. The minimum absolute atomic E-state index is 0.0193. The number of nitrogens with one attached hydrogen (secondary N) is 2. The number of benzene rings is 2. The van der Waals surface area contributed by atoms with E-state index in [1.165, 1.54) is 13.3 Å². The fourth-order valence-corrected chi connectivity index (χ4v) is 2.48. The quantitative estimate of drug-likeness (QED) is 0.484. The van der Waals surface area contributed by atoms with E-state index in [0.717, 1.165) is 0 Å². The van der Waals surface area contributed by atoms with Gasteiger partial charge in [-0.1, -0.05) is 28.1 Å². The first-order chi connectivity index (χ1) is 12.0. The Balaban J connectivity index is 1.94. The Morgan fingerprint density at radius 1 is 1.24 bits per heavy atom. The number of hydrazone groups is 1. The predicted octanol–water partition coefficient (Wildman–Crippen LogP) is 2.73. The topological polar surface area (TPSA) is 92.2 Å². The minimum atomic E-state index is -0.344. The molecule has 0 radical (unpaired) electrons. The highest BCUT2D eigenvalue weighted by molar-refractivity contribution is 9.10. The largest absolute Gasteiger partial charge is 0.504 e. The van der Waals surface area contributed by atoms with Crippen LogP contribution in [-0.4, -0.2) is 38.0 Å². The number of phenols is 1. The molecule has 8 heteroatoms. The molecule has 2 rings (SSSR count). The number of carbonyl (C=O) groups is 1. The van der Waals surface area contributed by atoms with Gasteiger partial charge in [0, 0.05) is 10.0 Å². The normalized spacial score (nSPS) is 10.5. The van der Waals surface area contributed by atoms with E-state index in [0.29, 0.717) is 27.2 Å². The zero-order valence-electron chi connectivity index (χ0n) is 13.7. The molecule has 0 bridgehead atoms. The average Bonchev–Trinajstić information content (AvgIpc) is 2.62. The fourth-order valence-electron chi connectivity index (χ4n) is 2.03. The summed E-state index contributed by atoms with van der Waals surface area (Å²) in [5.41, 5.74) is 3.50. The molecule has 0 aliphatic heterocycles. The van der Waals surface area contributed by atoms with E-state index >= 15 is 0 Å². The van der Waals surface area contributed by atoms with Crippen LogP contribution in [0.2, 0.25) is 0 Å². The Hall–Kier alpha value is -2.74. The molecule has 1 amide bonds. The van der Waals surface area contributed by atoms with Gasteiger partial charge in [0.05, 0.1) is 32.7 Å². The van der Waals surface area contributed by atoms with Gasteiger partial charge >= 0.3 is 0 Å². The van der Waals surface area contributed by atoms with Crippen molar-refractivity contribution in [2.45, 2.75) is 0 Å². The monoisotopic (exact) mass is 407 g/mol. The number of hydrogen-bond donors (Lipinski definition) is 3. The molecule has 3 N–H and O–H groups in total. The smallest absolute Gasteiger partial charge is 0.259 e. The number of rotatable bonds is 7. The SMILES string of the molecule is COc1ccccc1NCC(=O)N/N=C/c1cc(Br)cc(OC)c1O. The van der Waals surface area contributed by atoms with Crippen molar-refractivity contribution in [3.63, 3.8) is 0 Å². The van der Waals surface area contributed by atoms with Crippen LogP contribution < -0.4 is 20.2 Å².